The van der Waals surface area contributed by atoms with E-state index in [1.54, 1.807) is 49.3 Å². The molecule has 170 valence electrons. The Kier molecular flexibility index (Phi) is 6.63. The Bertz CT molecular complexity index is 1160. The number of likely N-dealkylation sites (N-methyl/N-ethyl adjacent to an activating group) is 1. The van der Waals surface area contributed by atoms with Gasteiger partial charge in [0, 0.05) is 32.1 Å². The van der Waals surface area contributed by atoms with Crippen LogP contribution in [0, 0.1) is 0 Å². The second-order valence-electron chi connectivity index (χ2n) is 8.04. The second-order valence-corrected chi connectivity index (χ2v) is 8.04. The van der Waals surface area contributed by atoms with Gasteiger partial charge in [-0.05, 0) is 29.3 Å². The van der Waals surface area contributed by atoms with Crippen LogP contribution in [-0.2, 0) is 11.2 Å². The number of ether oxygens (including phenoxy) is 2. The molecule has 0 saturated carbocycles. The molecule has 1 fully saturated rings. The average molecular weight is 445 g/mol. The molecule has 0 aliphatic carbocycles. The van der Waals surface area contributed by atoms with Crippen LogP contribution in [-0.4, -0.2) is 62.0 Å². The Balaban J connectivity index is 1.72. The van der Waals surface area contributed by atoms with Crippen molar-refractivity contribution in [3.63, 3.8) is 0 Å². The molecule has 3 aromatic carbocycles. The highest BCUT2D eigenvalue weighted by Gasteiger charge is 2.37. The first-order valence-corrected chi connectivity index (χ1v) is 11.0. The van der Waals surface area contributed by atoms with Crippen LogP contribution >= 0.6 is 0 Å². The molecule has 1 aliphatic heterocycles. The maximum atomic E-state index is 13.5. The molecule has 1 atom stereocenters. The van der Waals surface area contributed by atoms with E-state index in [-0.39, 0.29) is 11.8 Å². The van der Waals surface area contributed by atoms with Gasteiger partial charge in [0.25, 0.3) is 5.91 Å². The minimum atomic E-state index is -0.614. The molecule has 1 aliphatic rings. The molecular formula is C27H28N2O4. The van der Waals surface area contributed by atoms with Crippen LogP contribution in [0.15, 0.2) is 72.8 Å². The first kappa shape index (κ1) is 22.4. The van der Waals surface area contributed by atoms with Crippen molar-refractivity contribution in [1.29, 1.82) is 0 Å². The summed E-state index contributed by atoms with van der Waals surface area (Å²) in [4.78, 5) is 30.2. The Morgan fingerprint density at radius 2 is 1.45 bits per heavy atom. The molecule has 0 radical (unpaired) electrons. The van der Waals surface area contributed by atoms with E-state index in [1.807, 2.05) is 54.6 Å². The van der Waals surface area contributed by atoms with Gasteiger partial charge >= 0.3 is 0 Å². The van der Waals surface area contributed by atoms with Crippen molar-refractivity contribution in [1.82, 2.24) is 9.80 Å². The lowest BCUT2D eigenvalue weighted by Gasteiger charge is -2.39. The summed E-state index contributed by atoms with van der Waals surface area (Å²) in [6, 6.07) is 22.3. The van der Waals surface area contributed by atoms with Gasteiger partial charge in [0.05, 0.1) is 19.8 Å². The summed E-state index contributed by atoms with van der Waals surface area (Å²) in [5, 5.41) is 0. The molecule has 0 bridgehead atoms. The van der Waals surface area contributed by atoms with Crippen molar-refractivity contribution in [3.05, 3.63) is 83.9 Å². The standard InChI is InChI=1S/C27H28N2O4/c1-28-16-17-29(26(30)22-13-7-9-15-25(22)33-3)23(27(28)31)18-19-10-4-5-11-20(19)21-12-6-8-14-24(21)32-2/h4-15,23H,16-18H2,1-3H3. The van der Waals surface area contributed by atoms with E-state index in [0.29, 0.717) is 30.8 Å². The van der Waals surface area contributed by atoms with Gasteiger partial charge in [-0.25, -0.2) is 0 Å². The van der Waals surface area contributed by atoms with E-state index in [2.05, 4.69) is 0 Å². The predicted octanol–water partition coefficient (Wildman–Crippen LogP) is 3.90. The molecule has 4 rings (SSSR count). The minimum absolute atomic E-state index is 0.0701. The third-order valence-corrected chi connectivity index (χ3v) is 6.14. The maximum absolute atomic E-state index is 13.5. The van der Waals surface area contributed by atoms with Crippen LogP contribution in [0.4, 0.5) is 0 Å². The van der Waals surface area contributed by atoms with E-state index in [0.717, 1.165) is 22.4 Å². The van der Waals surface area contributed by atoms with Crippen molar-refractivity contribution in [2.75, 3.05) is 34.4 Å². The minimum Gasteiger partial charge on any atom is -0.496 e. The number of carbonyl (C=O) groups is 2. The zero-order valence-corrected chi connectivity index (χ0v) is 19.2. The molecular weight excluding hydrogens is 416 g/mol. The molecule has 1 saturated heterocycles. The Morgan fingerprint density at radius 1 is 0.848 bits per heavy atom. The van der Waals surface area contributed by atoms with Gasteiger partial charge in [0.2, 0.25) is 5.91 Å². The number of benzene rings is 3. The van der Waals surface area contributed by atoms with Gasteiger partial charge < -0.3 is 19.3 Å². The number of hydrogen-bond acceptors (Lipinski definition) is 4. The van der Waals surface area contributed by atoms with E-state index >= 15 is 0 Å². The molecule has 0 spiro atoms. The van der Waals surface area contributed by atoms with E-state index in [1.165, 1.54) is 0 Å². The second kappa shape index (κ2) is 9.77. The summed E-state index contributed by atoms with van der Waals surface area (Å²) in [6.45, 7) is 0.949. The topological polar surface area (TPSA) is 59.1 Å². The maximum Gasteiger partial charge on any atom is 0.258 e. The van der Waals surface area contributed by atoms with Crippen molar-refractivity contribution in [2.24, 2.45) is 0 Å². The lowest BCUT2D eigenvalue weighted by Crippen LogP contribution is -2.58. The van der Waals surface area contributed by atoms with Gasteiger partial charge in [-0.15, -0.1) is 0 Å². The number of rotatable bonds is 6. The Hall–Kier alpha value is -3.80. The van der Waals surface area contributed by atoms with Crippen LogP contribution in [0.25, 0.3) is 11.1 Å². The fourth-order valence-electron chi connectivity index (χ4n) is 4.36. The van der Waals surface area contributed by atoms with Crippen LogP contribution in [0.3, 0.4) is 0 Å². The van der Waals surface area contributed by atoms with Crippen LogP contribution in [0.1, 0.15) is 15.9 Å². The molecule has 0 aromatic heterocycles. The number of nitrogens with zero attached hydrogens (tertiary/aromatic N) is 2. The quantitative estimate of drug-likeness (QED) is 0.579. The van der Waals surface area contributed by atoms with Gasteiger partial charge in [0.15, 0.2) is 0 Å². The fourth-order valence-corrected chi connectivity index (χ4v) is 4.36. The third kappa shape index (κ3) is 4.42. The molecule has 1 unspecified atom stereocenters. The normalized spacial score (nSPS) is 16.0. The molecule has 3 aromatic rings. The molecule has 6 heteroatoms. The number of carbonyl (C=O) groups excluding carboxylic acids is 2. The zero-order chi connectivity index (χ0) is 23.4. The smallest absolute Gasteiger partial charge is 0.258 e. The monoisotopic (exact) mass is 444 g/mol. The fraction of sp³-hybridized carbons (Fsp3) is 0.259. The van der Waals surface area contributed by atoms with Gasteiger partial charge in [-0.2, -0.15) is 0 Å². The third-order valence-electron chi connectivity index (χ3n) is 6.14. The molecule has 1 heterocycles. The number of para-hydroxylation sites is 2. The lowest BCUT2D eigenvalue weighted by atomic mass is 9.92. The van der Waals surface area contributed by atoms with E-state index in [4.69, 9.17) is 9.47 Å². The van der Waals surface area contributed by atoms with E-state index in [9.17, 15) is 9.59 Å². The SMILES string of the molecule is COc1ccccc1C(=O)N1CCN(C)C(=O)C1Cc1ccccc1-c1ccccc1OC. The lowest BCUT2D eigenvalue weighted by molar-refractivity contribution is -0.138. The summed E-state index contributed by atoms with van der Waals surface area (Å²) in [6.07, 6.45) is 0.401. The van der Waals surface area contributed by atoms with Crippen molar-refractivity contribution in [2.45, 2.75) is 12.5 Å². The summed E-state index contributed by atoms with van der Waals surface area (Å²) >= 11 is 0. The zero-order valence-electron chi connectivity index (χ0n) is 19.2. The van der Waals surface area contributed by atoms with Crippen LogP contribution in [0.2, 0.25) is 0 Å². The summed E-state index contributed by atoms with van der Waals surface area (Å²) in [5.74, 6) is 0.994. The van der Waals surface area contributed by atoms with Crippen molar-refractivity contribution >= 4 is 11.8 Å². The highest BCUT2D eigenvalue weighted by Crippen LogP contribution is 2.33. The first-order valence-electron chi connectivity index (χ1n) is 11.0. The van der Waals surface area contributed by atoms with Gasteiger partial charge in [-0.1, -0.05) is 54.6 Å². The molecule has 6 nitrogen and oxygen atoms in total. The van der Waals surface area contributed by atoms with E-state index < -0.39 is 6.04 Å². The Labute approximate surface area is 194 Å². The van der Waals surface area contributed by atoms with Crippen molar-refractivity contribution in [3.8, 4) is 22.6 Å². The summed E-state index contributed by atoms with van der Waals surface area (Å²) in [7, 11) is 4.98. The number of piperazine rings is 1. The number of hydrogen-bond donors (Lipinski definition) is 0. The first-order chi connectivity index (χ1) is 16.0. The van der Waals surface area contributed by atoms with Crippen LogP contribution < -0.4 is 9.47 Å². The van der Waals surface area contributed by atoms with Crippen LogP contribution in [0.5, 0.6) is 11.5 Å². The molecule has 0 N–H and O–H groups in total. The Morgan fingerprint density at radius 3 is 2.18 bits per heavy atom. The summed E-state index contributed by atoms with van der Waals surface area (Å²) < 4.78 is 11.0. The molecule has 33 heavy (non-hydrogen) atoms. The number of amides is 2. The summed E-state index contributed by atoms with van der Waals surface area (Å²) in [5.41, 5.74) is 3.38. The largest absolute Gasteiger partial charge is 0.496 e. The molecule has 2 amide bonds. The predicted molar refractivity (Wildman–Crippen MR) is 128 cm³/mol. The van der Waals surface area contributed by atoms with Crippen molar-refractivity contribution < 1.29 is 19.1 Å². The number of methoxy groups -OCH3 is 2. The average Bonchev–Trinajstić information content (AvgIpc) is 2.86. The highest BCUT2D eigenvalue weighted by atomic mass is 16.5. The highest BCUT2D eigenvalue weighted by molar-refractivity contribution is 6.00. The van der Waals surface area contributed by atoms with Gasteiger partial charge in [-0.3, -0.25) is 9.59 Å². The van der Waals surface area contributed by atoms with Gasteiger partial charge in [0.1, 0.15) is 17.5 Å².